The van der Waals surface area contributed by atoms with Crippen molar-refractivity contribution in [1.82, 2.24) is 24.6 Å². The summed E-state index contributed by atoms with van der Waals surface area (Å²) in [4.78, 5) is 29.3. The number of nitrogens with one attached hydrogen (secondary N) is 1. The first kappa shape index (κ1) is 21.3. The quantitative estimate of drug-likeness (QED) is 0.463. The maximum atomic E-state index is 12.8. The summed E-state index contributed by atoms with van der Waals surface area (Å²) < 4.78 is 8.67. The molecule has 0 fully saturated rings. The van der Waals surface area contributed by atoms with Crippen molar-refractivity contribution < 1.29 is 9.53 Å². The summed E-state index contributed by atoms with van der Waals surface area (Å²) in [6.07, 6.45) is 3.06. The van der Waals surface area contributed by atoms with Gasteiger partial charge in [0, 0.05) is 6.54 Å². The topological polar surface area (TPSA) is 91.0 Å². The van der Waals surface area contributed by atoms with Gasteiger partial charge in [-0.25, -0.2) is 9.67 Å². The Morgan fingerprint density at radius 3 is 2.44 bits per heavy atom. The van der Waals surface area contributed by atoms with Crippen LogP contribution in [0.4, 0.5) is 0 Å². The van der Waals surface area contributed by atoms with E-state index in [1.54, 1.807) is 9.25 Å². The van der Waals surface area contributed by atoms with Gasteiger partial charge >= 0.3 is 0 Å². The van der Waals surface area contributed by atoms with E-state index in [9.17, 15) is 9.59 Å². The Morgan fingerprint density at radius 1 is 1.03 bits per heavy atom. The molecule has 0 aliphatic heterocycles. The highest BCUT2D eigenvalue weighted by atomic mass is 16.5. The third-order valence-corrected chi connectivity index (χ3v) is 5.13. The van der Waals surface area contributed by atoms with Crippen LogP contribution >= 0.6 is 0 Å². The van der Waals surface area contributed by atoms with Gasteiger partial charge in [-0.1, -0.05) is 47.5 Å². The van der Waals surface area contributed by atoms with E-state index in [4.69, 9.17) is 4.74 Å². The van der Waals surface area contributed by atoms with Crippen molar-refractivity contribution in [2.24, 2.45) is 0 Å². The molecule has 8 heteroatoms. The van der Waals surface area contributed by atoms with E-state index in [2.05, 4.69) is 15.4 Å². The Labute approximate surface area is 185 Å². The molecule has 164 valence electrons. The van der Waals surface area contributed by atoms with Gasteiger partial charge in [-0.05, 0) is 31.5 Å². The van der Waals surface area contributed by atoms with E-state index in [-0.39, 0.29) is 18.1 Å². The minimum Gasteiger partial charge on any atom is -0.484 e. The van der Waals surface area contributed by atoms with E-state index >= 15 is 0 Å². The maximum absolute atomic E-state index is 12.8. The van der Waals surface area contributed by atoms with Crippen LogP contribution in [0.3, 0.4) is 0 Å². The molecule has 2 aromatic carbocycles. The molecule has 8 nitrogen and oxygen atoms in total. The summed E-state index contributed by atoms with van der Waals surface area (Å²) in [7, 11) is 0. The molecular formula is C24H25N5O3. The lowest BCUT2D eigenvalue weighted by Gasteiger charge is -2.09. The van der Waals surface area contributed by atoms with Crippen molar-refractivity contribution in [2.45, 2.75) is 26.9 Å². The second kappa shape index (κ2) is 9.47. The molecule has 0 aliphatic rings. The lowest BCUT2D eigenvalue weighted by molar-refractivity contribution is -0.123. The molecule has 4 rings (SSSR count). The molecule has 0 atom stereocenters. The van der Waals surface area contributed by atoms with Crippen molar-refractivity contribution in [3.63, 3.8) is 0 Å². The minimum atomic E-state index is -0.226. The second-order valence-electron chi connectivity index (χ2n) is 7.72. The molecular weight excluding hydrogens is 406 g/mol. The molecule has 1 amide bonds. The Kier molecular flexibility index (Phi) is 6.30. The number of hydrogen-bond acceptors (Lipinski definition) is 5. The van der Waals surface area contributed by atoms with Gasteiger partial charge < -0.3 is 10.1 Å². The van der Waals surface area contributed by atoms with Gasteiger partial charge in [0.25, 0.3) is 11.5 Å². The number of carbonyl (C=O) groups excluding carboxylic acids is 1. The normalized spacial score (nSPS) is 10.9. The molecule has 2 aromatic heterocycles. The van der Waals surface area contributed by atoms with Crippen LogP contribution in [0.15, 0.2) is 65.8 Å². The average Bonchev–Trinajstić information content (AvgIpc) is 3.20. The van der Waals surface area contributed by atoms with Crippen LogP contribution in [-0.4, -0.2) is 38.4 Å². The lowest BCUT2D eigenvalue weighted by atomic mass is 10.1. The zero-order valence-electron chi connectivity index (χ0n) is 18.1. The number of carbonyl (C=O) groups is 1. The first-order valence-corrected chi connectivity index (χ1v) is 10.4. The van der Waals surface area contributed by atoms with Gasteiger partial charge in [0.15, 0.2) is 12.3 Å². The maximum Gasteiger partial charge on any atom is 0.264 e. The van der Waals surface area contributed by atoms with E-state index in [1.807, 2.05) is 62.4 Å². The van der Waals surface area contributed by atoms with E-state index in [0.717, 1.165) is 11.1 Å². The number of ether oxygens (including phenoxy) is 1. The molecule has 4 aromatic rings. The third-order valence-electron chi connectivity index (χ3n) is 5.13. The summed E-state index contributed by atoms with van der Waals surface area (Å²) in [5, 5.41) is 7.52. The predicted molar refractivity (Wildman–Crippen MR) is 122 cm³/mol. The average molecular weight is 431 g/mol. The Hall–Kier alpha value is -3.94. The van der Waals surface area contributed by atoms with Crippen LogP contribution in [0.25, 0.3) is 11.0 Å². The largest absolute Gasteiger partial charge is 0.484 e. The highest BCUT2D eigenvalue weighted by Crippen LogP contribution is 2.11. The number of benzene rings is 2. The van der Waals surface area contributed by atoms with Crippen molar-refractivity contribution in [3.05, 3.63) is 88.1 Å². The van der Waals surface area contributed by atoms with E-state index in [1.165, 1.54) is 18.1 Å². The number of nitrogens with zero attached hydrogens (tertiary/aromatic N) is 4. The highest BCUT2D eigenvalue weighted by Gasteiger charge is 2.11. The molecule has 0 saturated carbocycles. The number of aryl methyl sites for hydroxylation is 2. The molecule has 32 heavy (non-hydrogen) atoms. The molecule has 0 aliphatic carbocycles. The van der Waals surface area contributed by atoms with Crippen LogP contribution < -0.4 is 15.6 Å². The number of amides is 1. The fourth-order valence-corrected chi connectivity index (χ4v) is 3.30. The smallest absolute Gasteiger partial charge is 0.264 e. The summed E-state index contributed by atoms with van der Waals surface area (Å²) in [6, 6.07) is 15.6. The zero-order chi connectivity index (χ0) is 22.5. The molecule has 0 saturated heterocycles. The van der Waals surface area contributed by atoms with Gasteiger partial charge in [0.2, 0.25) is 0 Å². The molecule has 0 spiro atoms. The van der Waals surface area contributed by atoms with Crippen LogP contribution in [0.2, 0.25) is 0 Å². The molecule has 0 bridgehead atoms. The standard InChI is InChI=1S/C24H25N5O3/c1-17-3-7-19(8-4-17)14-28-16-26-23-21(24(28)31)13-27-29(23)12-11-25-22(30)15-32-20-9-5-18(2)6-10-20/h3-10,13,16H,11-12,14-15H2,1-2H3,(H,25,30). The molecule has 1 N–H and O–H groups in total. The number of rotatable bonds is 8. The summed E-state index contributed by atoms with van der Waals surface area (Å²) in [6.45, 7) is 5.14. The second-order valence-corrected chi connectivity index (χ2v) is 7.72. The number of aromatic nitrogens is 4. The van der Waals surface area contributed by atoms with Gasteiger partial charge in [0.1, 0.15) is 17.5 Å². The SMILES string of the molecule is Cc1ccc(Cn2cnc3c(cnn3CCNC(=O)COc3ccc(C)cc3)c2=O)cc1. The Bertz CT molecular complexity index is 1270. The summed E-state index contributed by atoms with van der Waals surface area (Å²) in [5.41, 5.74) is 3.69. The first-order chi connectivity index (χ1) is 15.5. The summed E-state index contributed by atoms with van der Waals surface area (Å²) in [5.74, 6) is 0.422. The van der Waals surface area contributed by atoms with Crippen molar-refractivity contribution in [1.29, 1.82) is 0 Å². The number of hydrogen-bond donors (Lipinski definition) is 1. The van der Waals surface area contributed by atoms with Crippen LogP contribution in [0, 0.1) is 13.8 Å². The van der Waals surface area contributed by atoms with E-state index < -0.39 is 0 Å². The Morgan fingerprint density at radius 2 is 1.72 bits per heavy atom. The fourth-order valence-electron chi connectivity index (χ4n) is 3.30. The first-order valence-electron chi connectivity index (χ1n) is 10.4. The zero-order valence-corrected chi connectivity index (χ0v) is 18.1. The lowest BCUT2D eigenvalue weighted by Crippen LogP contribution is -2.31. The van der Waals surface area contributed by atoms with Gasteiger partial charge in [-0.3, -0.25) is 14.2 Å². The van der Waals surface area contributed by atoms with Crippen molar-refractivity contribution in [3.8, 4) is 5.75 Å². The van der Waals surface area contributed by atoms with Crippen molar-refractivity contribution >= 4 is 16.9 Å². The van der Waals surface area contributed by atoms with Crippen LogP contribution in [-0.2, 0) is 17.9 Å². The molecule has 0 radical (unpaired) electrons. The number of fused-ring (bicyclic) bond motifs is 1. The minimum absolute atomic E-state index is 0.0646. The van der Waals surface area contributed by atoms with Crippen LogP contribution in [0.1, 0.15) is 16.7 Å². The van der Waals surface area contributed by atoms with Gasteiger partial charge in [0.05, 0.1) is 19.3 Å². The summed E-state index contributed by atoms with van der Waals surface area (Å²) >= 11 is 0. The van der Waals surface area contributed by atoms with Gasteiger partial charge in [-0.2, -0.15) is 5.10 Å². The van der Waals surface area contributed by atoms with Gasteiger partial charge in [-0.15, -0.1) is 0 Å². The fraction of sp³-hybridized carbons (Fsp3) is 0.250. The van der Waals surface area contributed by atoms with E-state index in [0.29, 0.717) is 36.4 Å². The molecule has 2 heterocycles. The predicted octanol–water partition coefficient (Wildman–Crippen LogP) is 2.45. The van der Waals surface area contributed by atoms with Crippen molar-refractivity contribution in [2.75, 3.05) is 13.2 Å². The molecule has 0 unspecified atom stereocenters. The third kappa shape index (κ3) is 5.03. The Balaban J connectivity index is 1.34. The highest BCUT2D eigenvalue weighted by molar-refractivity contribution is 5.77. The van der Waals surface area contributed by atoms with Crippen LogP contribution in [0.5, 0.6) is 5.75 Å². The monoisotopic (exact) mass is 431 g/mol.